The van der Waals surface area contributed by atoms with Crippen LogP contribution in [0.1, 0.15) is 11.3 Å². The van der Waals surface area contributed by atoms with Gasteiger partial charge in [0.2, 0.25) is 0 Å². The molecule has 0 saturated carbocycles. The molecule has 1 aromatic carbocycles. The standard InChI is InChI=1S/C16H9BrFNO2/c17-12-7-8(18)6-11-14(20)10-3-4-13-9(2-1-5-19-13)15(10)21-16(11)12/h1-2,5-7H,3-4H2. The molecule has 0 bridgehead atoms. The minimum atomic E-state index is -0.459. The molecule has 21 heavy (non-hydrogen) atoms. The third-order valence-corrected chi connectivity index (χ3v) is 4.34. The first-order valence-electron chi connectivity index (χ1n) is 6.54. The van der Waals surface area contributed by atoms with Crippen molar-refractivity contribution in [2.24, 2.45) is 0 Å². The minimum absolute atomic E-state index is 0.166. The van der Waals surface area contributed by atoms with Crippen LogP contribution in [0, 0.1) is 5.82 Å². The Morgan fingerprint density at radius 3 is 3.00 bits per heavy atom. The van der Waals surface area contributed by atoms with E-state index in [1.807, 2.05) is 12.1 Å². The second kappa shape index (κ2) is 4.49. The van der Waals surface area contributed by atoms with E-state index in [0.29, 0.717) is 34.2 Å². The van der Waals surface area contributed by atoms with Crippen LogP contribution in [0.25, 0.3) is 22.3 Å². The van der Waals surface area contributed by atoms with Crippen molar-refractivity contribution in [3.63, 3.8) is 0 Å². The molecule has 0 unspecified atom stereocenters. The number of pyridine rings is 1. The van der Waals surface area contributed by atoms with Gasteiger partial charge in [-0.05, 0) is 53.0 Å². The number of halogens is 2. The Morgan fingerprint density at radius 1 is 1.29 bits per heavy atom. The molecule has 0 atom stereocenters. The highest BCUT2D eigenvalue weighted by atomic mass is 79.9. The van der Waals surface area contributed by atoms with E-state index in [4.69, 9.17) is 4.42 Å². The highest BCUT2D eigenvalue weighted by Crippen LogP contribution is 2.35. The summed E-state index contributed by atoms with van der Waals surface area (Å²) < 4.78 is 19.9. The summed E-state index contributed by atoms with van der Waals surface area (Å²) in [6.07, 6.45) is 2.98. The zero-order valence-electron chi connectivity index (χ0n) is 10.8. The lowest BCUT2D eigenvalue weighted by Crippen LogP contribution is -2.17. The number of aromatic nitrogens is 1. The van der Waals surface area contributed by atoms with Crippen LogP contribution < -0.4 is 5.43 Å². The minimum Gasteiger partial charge on any atom is -0.454 e. The van der Waals surface area contributed by atoms with E-state index >= 15 is 0 Å². The van der Waals surface area contributed by atoms with Crippen molar-refractivity contribution in [2.75, 3.05) is 0 Å². The van der Waals surface area contributed by atoms with Gasteiger partial charge in [0.1, 0.15) is 11.6 Å². The van der Waals surface area contributed by atoms with E-state index in [0.717, 1.165) is 11.3 Å². The molecule has 1 aliphatic rings. The van der Waals surface area contributed by atoms with Gasteiger partial charge in [0, 0.05) is 17.3 Å². The van der Waals surface area contributed by atoms with Crippen molar-refractivity contribution in [3.05, 3.63) is 62.2 Å². The molecule has 0 saturated heterocycles. The molecule has 5 heteroatoms. The zero-order chi connectivity index (χ0) is 14.6. The Labute approximate surface area is 127 Å². The van der Waals surface area contributed by atoms with Crippen LogP contribution >= 0.6 is 15.9 Å². The zero-order valence-corrected chi connectivity index (χ0v) is 12.4. The van der Waals surface area contributed by atoms with E-state index in [1.165, 1.54) is 12.1 Å². The van der Waals surface area contributed by atoms with Crippen LogP contribution in [0.4, 0.5) is 4.39 Å². The maximum atomic E-state index is 13.5. The maximum Gasteiger partial charge on any atom is 0.196 e. The summed E-state index contributed by atoms with van der Waals surface area (Å²) in [7, 11) is 0. The topological polar surface area (TPSA) is 43.1 Å². The molecule has 3 aromatic rings. The molecule has 104 valence electrons. The number of hydrogen-bond donors (Lipinski definition) is 0. The van der Waals surface area contributed by atoms with Gasteiger partial charge in [0.15, 0.2) is 11.0 Å². The van der Waals surface area contributed by atoms with Crippen LogP contribution in [0.3, 0.4) is 0 Å². The van der Waals surface area contributed by atoms with Gasteiger partial charge in [-0.15, -0.1) is 0 Å². The Morgan fingerprint density at radius 2 is 2.14 bits per heavy atom. The molecule has 0 aliphatic heterocycles. The number of rotatable bonds is 0. The lowest BCUT2D eigenvalue weighted by atomic mass is 9.92. The fourth-order valence-electron chi connectivity index (χ4n) is 2.79. The molecule has 1 aliphatic carbocycles. The second-order valence-electron chi connectivity index (χ2n) is 5.00. The molecule has 4 rings (SSSR count). The van der Waals surface area contributed by atoms with E-state index in [1.54, 1.807) is 6.20 Å². The predicted molar refractivity (Wildman–Crippen MR) is 80.8 cm³/mol. The summed E-state index contributed by atoms with van der Waals surface area (Å²) in [5, 5.41) is 0.271. The van der Waals surface area contributed by atoms with Crippen LogP contribution in [-0.2, 0) is 12.8 Å². The summed E-state index contributed by atoms with van der Waals surface area (Å²) in [6.45, 7) is 0. The fourth-order valence-corrected chi connectivity index (χ4v) is 3.31. The van der Waals surface area contributed by atoms with Gasteiger partial charge < -0.3 is 4.42 Å². The Balaban J connectivity index is 2.15. The number of nitrogens with zero attached hydrogens (tertiary/aromatic N) is 1. The molecule has 0 amide bonds. The highest BCUT2D eigenvalue weighted by molar-refractivity contribution is 9.10. The average molecular weight is 346 g/mol. The first-order chi connectivity index (χ1) is 10.1. The van der Waals surface area contributed by atoms with Crippen LogP contribution in [0.15, 0.2) is 44.1 Å². The molecule has 2 heterocycles. The highest BCUT2D eigenvalue weighted by Gasteiger charge is 2.24. The molecule has 2 aromatic heterocycles. The summed E-state index contributed by atoms with van der Waals surface area (Å²) in [4.78, 5) is 17.0. The van der Waals surface area contributed by atoms with Crippen molar-refractivity contribution >= 4 is 26.9 Å². The number of fused-ring (bicyclic) bond motifs is 4. The summed E-state index contributed by atoms with van der Waals surface area (Å²) in [6, 6.07) is 6.24. The third kappa shape index (κ3) is 1.84. The van der Waals surface area contributed by atoms with Crippen molar-refractivity contribution in [1.82, 2.24) is 4.98 Å². The molecule has 0 radical (unpaired) electrons. The molecular weight excluding hydrogens is 337 g/mol. The molecule has 3 nitrogen and oxygen atoms in total. The molecule has 0 N–H and O–H groups in total. The van der Waals surface area contributed by atoms with Gasteiger partial charge in [-0.3, -0.25) is 9.78 Å². The maximum absolute atomic E-state index is 13.5. The molecule has 0 fully saturated rings. The second-order valence-corrected chi connectivity index (χ2v) is 5.86. The van der Waals surface area contributed by atoms with Gasteiger partial charge in [0.05, 0.1) is 15.6 Å². The summed E-state index contributed by atoms with van der Waals surface area (Å²) in [5.41, 5.74) is 2.57. The number of benzene rings is 1. The van der Waals surface area contributed by atoms with Crippen molar-refractivity contribution < 1.29 is 8.81 Å². The van der Waals surface area contributed by atoms with E-state index in [2.05, 4.69) is 20.9 Å². The van der Waals surface area contributed by atoms with E-state index in [-0.39, 0.29) is 10.8 Å². The van der Waals surface area contributed by atoms with Crippen LogP contribution in [0.5, 0.6) is 0 Å². The van der Waals surface area contributed by atoms with Gasteiger partial charge in [-0.25, -0.2) is 4.39 Å². The van der Waals surface area contributed by atoms with Crippen molar-refractivity contribution in [2.45, 2.75) is 12.8 Å². The molecular formula is C16H9BrFNO2. The predicted octanol–water partition coefficient (Wildman–Crippen LogP) is 3.86. The SMILES string of the molecule is O=c1c2c(oc3c(Br)cc(F)cc13)-c1cccnc1CC2. The Kier molecular flexibility index (Phi) is 2.72. The first kappa shape index (κ1) is 12.7. The fraction of sp³-hybridized carbons (Fsp3) is 0.125. The number of hydrogen-bond acceptors (Lipinski definition) is 3. The van der Waals surface area contributed by atoms with E-state index in [9.17, 15) is 9.18 Å². The quantitative estimate of drug-likeness (QED) is 0.621. The van der Waals surface area contributed by atoms with Crippen LogP contribution in [-0.4, -0.2) is 4.98 Å². The van der Waals surface area contributed by atoms with Gasteiger partial charge in [0.25, 0.3) is 0 Å². The first-order valence-corrected chi connectivity index (χ1v) is 7.33. The van der Waals surface area contributed by atoms with Crippen molar-refractivity contribution in [3.8, 4) is 11.3 Å². The smallest absolute Gasteiger partial charge is 0.196 e. The molecule has 0 spiro atoms. The lowest BCUT2D eigenvalue weighted by Gasteiger charge is -2.17. The summed E-state index contributed by atoms with van der Waals surface area (Å²) >= 11 is 3.26. The van der Waals surface area contributed by atoms with Gasteiger partial charge in [-0.2, -0.15) is 0 Å². The number of aryl methyl sites for hydroxylation is 1. The lowest BCUT2D eigenvalue weighted by molar-refractivity contribution is 0.592. The normalized spacial score (nSPS) is 13.0. The van der Waals surface area contributed by atoms with Crippen molar-refractivity contribution in [1.29, 1.82) is 0 Å². The van der Waals surface area contributed by atoms with E-state index < -0.39 is 5.82 Å². The van der Waals surface area contributed by atoms with Gasteiger partial charge in [-0.1, -0.05) is 0 Å². The third-order valence-electron chi connectivity index (χ3n) is 3.75. The summed E-state index contributed by atoms with van der Waals surface area (Å²) in [5.74, 6) is 0.0914. The monoisotopic (exact) mass is 345 g/mol. The largest absolute Gasteiger partial charge is 0.454 e. The Bertz CT molecular complexity index is 949. The Hall–Kier alpha value is -2.01. The average Bonchev–Trinajstić information content (AvgIpc) is 2.48. The van der Waals surface area contributed by atoms with Gasteiger partial charge >= 0.3 is 0 Å². The van der Waals surface area contributed by atoms with Crippen LogP contribution in [0.2, 0.25) is 0 Å².